The van der Waals surface area contributed by atoms with Crippen LogP contribution in [0.25, 0.3) is 0 Å². The van der Waals surface area contributed by atoms with Gasteiger partial charge in [-0.1, -0.05) is 24.3 Å². The number of carbonyl (C=O) groups excluding carboxylic acids is 2. The summed E-state index contributed by atoms with van der Waals surface area (Å²) >= 11 is 0. The highest BCUT2D eigenvalue weighted by Gasteiger charge is 2.18. The topological polar surface area (TPSA) is 95.5 Å². The van der Waals surface area contributed by atoms with Crippen molar-refractivity contribution in [3.63, 3.8) is 0 Å². The van der Waals surface area contributed by atoms with E-state index in [-0.39, 0.29) is 19.4 Å². The van der Waals surface area contributed by atoms with E-state index in [1.54, 1.807) is 25.1 Å². The van der Waals surface area contributed by atoms with Crippen molar-refractivity contribution >= 4 is 17.8 Å². The number of nitrogens with one attached hydrogen (secondary N) is 2. The first kappa shape index (κ1) is 18.3. The predicted octanol–water partition coefficient (Wildman–Crippen LogP) is 1.02. The minimum Gasteiger partial charge on any atom is -0.480 e. The van der Waals surface area contributed by atoms with Crippen molar-refractivity contribution in [2.24, 2.45) is 0 Å². The lowest BCUT2D eigenvalue weighted by atomic mass is 10.1. The molecule has 0 saturated carbocycles. The SMILES string of the molecule is C/C=C/CC(NC(=O)CNC(=O)Cc1cccc(F)c1)C(=O)O. The summed E-state index contributed by atoms with van der Waals surface area (Å²) in [4.78, 5) is 34.3. The number of halogens is 1. The quantitative estimate of drug-likeness (QED) is 0.623. The Morgan fingerprint density at radius 1 is 1.30 bits per heavy atom. The van der Waals surface area contributed by atoms with Crippen molar-refractivity contribution in [3.05, 3.63) is 47.8 Å². The number of aliphatic carboxylic acids is 1. The Balaban J connectivity index is 2.42. The van der Waals surface area contributed by atoms with E-state index in [0.29, 0.717) is 5.56 Å². The zero-order valence-corrected chi connectivity index (χ0v) is 12.7. The highest BCUT2D eigenvalue weighted by molar-refractivity contribution is 5.88. The minimum absolute atomic E-state index is 0.0635. The second kappa shape index (κ2) is 9.34. The van der Waals surface area contributed by atoms with Crippen LogP contribution in [-0.2, 0) is 20.8 Å². The molecule has 1 rings (SSSR count). The number of rotatable bonds is 8. The van der Waals surface area contributed by atoms with E-state index in [4.69, 9.17) is 5.11 Å². The molecule has 0 aromatic heterocycles. The molecule has 0 aliphatic rings. The molecule has 124 valence electrons. The molecule has 0 saturated heterocycles. The summed E-state index contributed by atoms with van der Waals surface area (Å²) in [5, 5.41) is 13.7. The second-order valence-corrected chi connectivity index (χ2v) is 4.85. The third-order valence-corrected chi connectivity index (χ3v) is 2.94. The van der Waals surface area contributed by atoms with Gasteiger partial charge in [0.05, 0.1) is 13.0 Å². The van der Waals surface area contributed by atoms with E-state index in [1.165, 1.54) is 18.2 Å². The Morgan fingerprint density at radius 3 is 2.65 bits per heavy atom. The molecule has 1 aromatic rings. The van der Waals surface area contributed by atoms with E-state index in [0.717, 1.165) is 0 Å². The van der Waals surface area contributed by atoms with Gasteiger partial charge in [-0.3, -0.25) is 9.59 Å². The molecule has 1 unspecified atom stereocenters. The average Bonchev–Trinajstić information content (AvgIpc) is 2.49. The summed E-state index contributed by atoms with van der Waals surface area (Å²) in [5.41, 5.74) is 0.486. The van der Waals surface area contributed by atoms with E-state index < -0.39 is 29.6 Å². The highest BCUT2D eigenvalue weighted by atomic mass is 19.1. The molecule has 0 spiro atoms. The van der Waals surface area contributed by atoms with Crippen LogP contribution in [0.1, 0.15) is 18.9 Å². The Morgan fingerprint density at radius 2 is 2.04 bits per heavy atom. The highest BCUT2D eigenvalue weighted by Crippen LogP contribution is 2.04. The molecule has 0 heterocycles. The monoisotopic (exact) mass is 322 g/mol. The fourth-order valence-electron chi connectivity index (χ4n) is 1.81. The molecular formula is C16H19FN2O4. The standard InChI is InChI=1S/C16H19FN2O4/c1-2-3-7-13(16(22)23)19-15(21)10-18-14(20)9-11-5-4-6-12(17)8-11/h2-6,8,13H,7,9-10H2,1H3,(H,18,20)(H,19,21)(H,22,23)/b3-2+. The first-order chi connectivity index (χ1) is 10.9. The summed E-state index contributed by atoms with van der Waals surface area (Å²) in [5.74, 6) is -2.65. The maximum atomic E-state index is 13.0. The van der Waals surface area contributed by atoms with E-state index in [9.17, 15) is 18.8 Å². The Bertz CT molecular complexity index is 601. The summed E-state index contributed by atoms with van der Waals surface area (Å²) in [6, 6.07) is 4.55. The minimum atomic E-state index is -1.15. The number of carboxylic acids is 1. The maximum Gasteiger partial charge on any atom is 0.326 e. The Hall–Kier alpha value is -2.70. The van der Waals surface area contributed by atoms with Crippen LogP contribution in [-0.4, -0.2) is 35.5 Å². The number of carboxylic acid groups (broad SMARTS) is 1. The van der Waals surface area contributed by atoms with Crippen molar-refractivity contribution in [2.75, 3.05) is 6.54 Å². The first-order valence-corrected chi connectivity index (χ1v) is 7.07. The van der Waals surface area contributed by atoms with Crippen LogP contribution in [0.3, 0.4) is 0 Å². The third kappa shape index (κ3) is 7.21. The molecule has 6 nitrogen and oxygen atoms in total. The van der Waals surface area contributed by atoms with Gasteiger partial charge in [-0.05, 0) is 31.0 Å². The van der Waals surface area contributed by atoms with E-state index in [2.05, 4.69) is 10.6 Å². The molecule has 2 amide bonds. The molecule has 7 heteroatoms. The van der Waals surface area contributed by atoms with Crippen molar-refractivity contribution in [1.82, 2.24) is 10.6 Å². The van der Waals surface area contributed by atoms with Gasteiger partial charge in [-0.2, -0.15) is 0 Å². The largest absolute Gasteiger partial charge is 0.480 e. The fraction of sp³-hybridized carbons (Fsp3) is 0.312. The lowest BCUT2D eigenvalue weighted by Crippen LogP contribution is -2.45. The van der Waals surface area contributed by atoms with Crippen molar-refractivity contribution in [1.29, 1.82) is 0 Å². The molecule has 3 N–H and O–H groups in total. The summed E-state index contributed by atoms with van der Waals surface area (Å²) in [7, 11) is 0. The lowest BCUT2D eigenvalue weighted by Gasteiger charge is -2.13. The molecule has 0 aliphatic carbocycles. The molecular weight excluding hydrogens is 303 g/mol. The van der Waals surface area contributed by atoms with Gasteiger partial charge in [-0.15, -0.1) is 0 Å². The molecule has 0 radical (unpaired) electrons. The first-order valence-electron chi connectivity index (χ1n) is 7.07. The van der Waals surface area contributed by atoms with Crippen LogP contribution >= 0.6 is 0 Å². The smallest absolute Gasteiger partial charge is 0.326 e. The number of hydrogen-bond donors (Lipinski definition) is 3. The van der Waals surface area contributed by atoms with Crippen LogP contribution in [0.2, 0.25) is 0 Å². The van der Waals surface area contributed by atoms with Crippen molar-refractivity contribution in [2.45, 2.75) is 25.8 Å². The van der Waals surface area contributed by atoms with Gasteiger partial charge in [0, 0.05) is 0 Å². The number of amides is 2. The number of carbonyl (C=O) groups is 3. The Labute approximate surface area is 133 Å². The normalized spacial score (nSPS) is 11.9. The Kier molecular flexibility index (Phi) is 7.45. The average molecular weight is 322 g/mol. The summed E-state index contributed by atoms with van der Waals surface area (Å²) in [6.07, 6.45) is 3.41. The van der Waals surface area contributed by atoms with E-state index >= 15 is 0 Å². The van der Waals surface area contributed by atoms with Crippen LogP contribution in [0.4, 0.5) is 4.39 Å². The fourth-order valence-corrected chi connectivity index (χ4v) is 1.81. The molecule has 1 atom stereocenters. The molecule has 1 aromatic carbocycles. The van der Waals surface area contributed by atoms with Crippen LogP contribution in [0, 0.1) is 5.82 Å². The van der Waals surface area contributed by atoms with Crippen LogP contribution < -0.4 is 10.6 Å². The molecule has 23 heavy (non-hydrogen) atoms. The lowest BCUT2D eigenvalue weighted by molar-refractivity contribution is -0.141. The van der Waals surface area contributed by atoms with Gasteiger partial charge < -0.3 is 15.7 Å². The zero-order valence-electron chi connectivity index (χ0n) is 12.7. The third-order valence-electron chi connectivity index (χ3n) is 2.94. The van der Waals surface area contributed by atoms with Gasteiger partial charge in [-0.25, -0.2) is 9.18 Å². The van der Waals surface area contributed by atoms with Gasteiger partial charge in [0.25, 0.3) is 0 Å². The van der Waals surface area contributed by atoms with Crippen molar-refractivity contribution < 1.29 is 23.9 Å². The van der Waals surface area contributed by atoms with Gasteiger partial charge in [0.15, 0.2) is 0 Å². The predicted molar refractivity (Wildman–Crippen MR) is 82.1 cm³/mol. The van der Waals surface area contributed by atoms with Gasteiger partial charge >= 0.3 is 5.97 Å². The molecule has 0 fully saturated rings. The number of hydrogen-bond acceptors (Lipinski definition) is 3. The van der Waals surface area contributed by atoms with Crippen LogP contribution in [0.15, 0.2) is 36.4 Å². The zero-order chi connectivity index (χ0) is 17.2. The molecule has 0 aliphatic heterocycles. The van der Waals surface area contributed by atoms with Gasteiger partial charge in [0.2, 0.25) is 11.8 Å². The van der Waals surface area contributed by atoms with Crippen molar-refractivity contribution in [3.8, 4) is 0 Å². The number of allylic oxidation sites excluding steroid dienone is 1. The molecule has 0 bridgehead atoms. The summed E-state index contributed by atoms with van der Waals surface area (Å²) < 4.78 is 13.0. The summed E-state index contributed by atoms with van der Waals surface area (Å²) in [6.45, 7) is 1.40. The number of benzene rings is 1. The van der Waals surface area contributed by atoms with E-state index in [1.807, 2.05) is 0 Å². The second-order valence-electron chi connectivity index (χ2n) is 4.85. The van der Waals surface area contributed by atoms with Crippen LogP contribution in [0.5, 0.6) is 0 Å². The van der Waals surface area contributed by atoms with Gasteiger partial charge in [0.1, 0.15) is 11.9 Å². The maximum absolute atomic E-state index is 13.0.